The van der Waals surface area contributed by atoms with E-state index < -0.39 is 0 Å². The molecule has 1 atom stereocenters. The number of carbonyl (C=O) groups is 1. The highest BCUT2D eigenvalue weighted by Crippen LogP contribution is 2.24. The predicted molar refractivity (Wildman–Crippen MR) is 105 cm³/mol. The van der Waals surface area contributed by atoms with Crippen LogP contribution in [0.3, 0.4) is 0 Å². The highest BCUT2D eigenvalue weighted by atomic mass is 16.5. The molecule has 9 heteroatoms. The third-order valence-electron chi connectivity index (χ3n) is 5.26. The van der Waals surface area contributed by atoms with Crippen molar-refractivity contribution in [2.24, 2.45) is 5.92 Å². The average Bonchev–Trinajstić information content (AvgIpc) is 3.31. The second kappa shape index (κ2) is 8.02. The second-order valence-corrected chi connectivity index (χ2v) is 7.36. The molecule has 1 N–H and O–H groups in total. The lowest BCUT2D eigenvalue weighted by Crippen LogP contribution is -2.43. The zero-order chi connectivity index (χ0) is 20.4. The van der Waals surface area contributed by atoms with Crippen molar-refractivity contribution in [3.05, 3.63) is 41.2 Å². The number of rotatable bonds is 5. The topological polar surface area (TPSA) is 110 Å². The fourth-order valence-corrected chi connectivity index (χ4v) is 3.59. The number of carbonyl (C=O) groups excluding carboxylic acids is 1. The van der Waals surface area contributed by atoms with E-state index in [1.807, 2.05) is 26.0 Å². The van der Waals surface area contributed by atoms with Crippen molar-refractivity contribution in [2.45, 2.75) is 40.2 Å². The van der Waals surface area contributed by atoms with E-state index in [0.29, 0.717) is 24.8 Å². The molecule has 0 aliphatic carbocycles. The van der Waals surface area contributed by atoms with Gasteiger partial charge in [0.05, 0.1) is 17.2 Å². The first-order valence-electron chi connectivity index (χ1n) is 9.72. The summed E-state index contributed by atoms with van der Waals surface area (Å²) in [5, 5.41) is 10.8. The molecule has 0 saturated carbocycles. The van der Waals surface area contributed by atoms with E-state index in [1.165, 1.54) is 0 Å². The summed E-state index contributed by atoms with van der Waals surface area (Å²) >= 11 is 0. The second-order valence-electron chi connectivity index (χ2n) is 7.36. The molecule has 29 heavy (non-hydrogen) atoms. The van der Waals surface area contributed by atoms with E-state index in [4.69, 9.17) is 9.05 Å². The molecule has 3 aromatic rings. The lowest BCUT2D eigenvalue weighted by molar-refractivity contribution is -0.125. The minimum atomic E-state index is -0.0794. The van der Waals surface area contributed by atoms with E-state index in [2.05, 4.69) is 30.5 Å². The molecule has 4 heterocycles. The van der Waals surface area contributed by atoms with Gasteiger partial charge < -0.3 is 19.3 Å². The van der Waals surface area contributed by atoms with Gasteiger partial charge in [0.2, 0.25) is 5.91 Å². The Labute approximate surface area is 168 Å². The predicted octanol–water partition coefficient (Wildman–Crippen LogP) is 2.58. The molecule has 9 nitrogen and oxygen atoms in total. The number of pyridine rings is 1. The molecule has 1 aliphatic rings. The number of hydrogen-bond donors (Lipinski definition) is 1. The maximum absolute atomic E-state index is 12.7. The number of nitrogens with zero attached hydrogens (tertiary/aromatic N) is 5. The van der Waals surface area contributed by atoms with Crippen molar-refractivity contribution < 1.29 is 13.8 Å². The van der Waals surface area contributed by atoms with Crippen molar-refractivity contribution in [3.63, 3.8) is 0 Å². The highest BCUT2D eigenvalue weighted by molar-refractivity contribution is 5.79. The SMILES string of the molecule is Cc1noc(-c2ccc(N3CCCC(C(=O)NCc4c(C)noc4C)C3)nc2)n1. The van der Waals surface area contributed by atoms with Crippen molar-refractivity contribution in [1.82, 2.24) is 25.6 Å². The van der Waals surface area contributed by atoms with Gasteiger partial charge in [-0.3, -0.25) is 4.79 Å². The van der Waals surface area contributed by atoms with Crippen molar-refractivity contribution >= 4 is 11.7 Å². The first-order chi connectivity index (χ1) is 14.0. The Morgan fingerprint density at radius 3 is 2.76 bits per heavy atom. The van der Waals surface area contributed by atoms with E-state index >= 15 is 0 Å². The summed E-state index contributed by atoms with van der Waals surface area (Å²) in [6, 6.07) is 3.84. The quantitative estimate of drug-likeness (QED) is 0.701. The molecule has 0 radical (unpaired) electrons. The van der Waals surface area contributed by atoms with Crippen LogP contribution in [0.5, 0.6) is 0 Å². The van der Waals surface area contributed by atoms with Crippen LogP contribution in [0.25, 0.3) is 11.5 Å². The molecular weight excluding hydrogens is 372 g/mol. The zero-order valence-corrected chi connectivity index (χ0v) is 16.8. The molecule has 0 bridgehead atoms. The summed E-state index contributed by atoms with van der Waals surface area (Å²) in [6.45, 7) is 7.46. The van der Waals surface area contributed by atoms with E-state index in [-0.39, 0.29) is 11.8 Å². The van der Waals surface area contributed by atoms with Crippen LogP contribution in [0.2, 0.25) is 0 Å². The molecule has 0 spiro atoms. The van der Waals surface area contributed by atoms with Crippen LogP contribution in [-0.4, -0.2) is 39.3 Å². The Bertz CT molecular complexity index is 975. The molecule has 1 amide bonds. The van der Waals surface area contributed by atoms with Crippen LogP contribution in [0, 0.1) is 26.7 Å². The first-order valence-corrected chi connectivity index (χ1v) is 9.72. The smallest absolute Gasteiger partial charge is 0.259 e. The Balaban J connectivity index is 1.38. The highest BCUT2D eigenvalue weighted by Gasteiger charge is 2.27. The van der Waals surface area contributed by atoms with Gasteiger partial charge in [-0.1, -0.05) is 10.3 Å². The largest absolute Gasteiger partial charge is 0.361 e. The number of aromatic nitrogens is 4. The minimum Gasteiger partial charge on any atom is -0.361 e. The van der Waals surface area contributed by atoms with Gasteiger partial charge in [0.25, 0.3) is 5.89 Å². The lowest BCUT2D eigenvalue weighted by atomic mass is 9.97. The number of hydrogen-bond acceptors (Lipinski definition) is 8. The maximum atomic E-state index is 12.7. The standard InChI is InChI=1S/C20H24N6O3/c1-12-17(13(2)28-24-12)10-22-19(27)16-5-4-8-26(11-16)18-7-6-15(9-21-18)20-23-14(3)25-29-20/h6-7,9,16H,4-5,8,10-11H2,1-3H3,(H,22,27). The summed E-state index contributed by atoms with van der Waals surface area (Å²) in [6.07, 6.45) is 3.53. The van der Waals surface area contributed by atoms with Crippen LogP contribution < -0.4 is 10.2 Å². The Hall–Kier alpha value is -3.23. The Morgan fingerprint density at radius 2 is 2.10 bits per heavy atom. The molecule has 3 aromatic heterocycles. The summed E-state index contributed by atoms with van der Waals surface area (Å²) in [5.74, 6) is 2.60. The van der Waals surface area contributed by atoms with Crippen LogP contribution in [0.15, 0.2) is 27.4 Å². The van der Waals surface area contributed by atoms with Gasteiger partial charge in [0, 0.05) is 31.4 Å². The molecule has 4 rings (SSSR count). The van der Waals surface area contributed by atoms with Crippen LogP contribution in [-0.2, 0) is 11.3 Å². The molecular formula is C20H24N6O3. The number of piperidine rings is 1. The molecule has 0 aromatic carbocycles. The van der Waals surface area contributed by atoms with Crippen LogP contribution in [0.1, 0.15) is 35.7 Å². The van der Waals surface area contributed by atoms with E-state index in [1.54, 1.807) is 13.1 Å². The van der Waals surface area contributed by atoms with Gasteiger partial charge in [-0.15, -0.1) is 0 Å². The minimum absolute atomic E-state index is 0.0488. The monoisotopic (exact) mass is 396 g/mol. The van der Waals surface area contributed by atoms with Gasteiger partial charge in [-0.25, -0.2) is 4.98 Å². The normalized spacial score (nSPS) is 16.8. The number of aryl methyl sites for hydroxylation is 3. The summed E-state index contributed by atoms with van der Waals surface area (Å²) in [5.41, 5.74) is 2.54. The third-order valence-corrected chi connectivity index (χ3v) is 5.26. The van der Waals surface area contributed by atoms with E-state index in [0.717, 1.165) is 47.8 Å². The number of anilines is 1. The van der Waals surface area contributed by atoms with Crippen LogP contribution in [0.4, 0.5) is 5.82 Å². The number of amides is 1. The lowest BCUT2D eigenvalue weighted by Gasteiger charge is -2.32. The average molecular weight is 396 g/mol. The van der Waals surface area contributed by atoms with Crippen molar-refractivity contribution in [3.8, 4) is 11.5 Å². The van der Waals surface area contributed by atoms with Gasteiger partial charge >= 0.3 is 0 Å². The summed E-state index contributed by atoms with van der Waals surface area (Å²) in [7, 11) is 0. The number of nitrogens with one attached hydrogen (secondary N) is 1. The Morgan fingerprint density at radius 1 is 1.24 bits per heavy atom. The van der Waals surface area contributed by atoms with E-state index in [9.17, 15) is 4.79 Å². The fraction of sp³-hybridized carbons (Fsp3) is 0.450. The van der Waals surface area contributed by atoms with Crippen molar-refractivity contribution in [1.29, 1.82) is 0 Å². The Kier molecular flexibility index (Phi) is 5.28. The zero-order valence-electron chi connectivity index (χ0n) is 16.8. The molecule has 1 saturated heterocycles. The molecule has 1 aliphatic heterocycles. The molecule has 1 unspecified atom stereocenters. The first kappa shape index (κ1) is 19.1. The fourth-order valence-electron chi connectivity index (χ4n) is 3.59. The third kappa shape index (κ3) is 4.13. The van der Waals surface area contributed by atoms with Gasteiger partial charge in [-0.2, -0.15) is 4.98 Å². The summed E-state index contributed by atoms with van der Waals surface area (Å²) in [4.78, 5) is 23.6. The molecule has 1 fully saturated rings. The van der Waals surface area contributed by atoms with Gasteiger partial charge in [-0.05, 0) is 45.7 Å². The van der Waals surface area contributed by atoms with Gasteiger partial charge in [0.15, 0.2) is 5.82 Å². The van der Waals surface area contributed by atoms with Crippen molar-refractivity contribution in [2.75, 3.05) is 18.0 Å². The molecule has 152 valence electrons. The summed E-state index contributed by atoms with van der Waals surface area (Å²) < 4.78 is 10.3. The van der Waals surface area contributed by atoms with Crippen LogP contribution >= 0.6 is 0 Å². The maximum Gasteiger partial charge on any atom is 0.259 e. The van der Waals surface area contributed by atoms with Gasteiger partial charge in [0.1, 0.15) is 11.6 Å².